The summed E-state index contributed by atoms with van der Waals surface area (Å²) in [6.07, 6.45) is 0.219. The average Bonchev–Trinajstić information content (AvgIpc) is 1.98. The Bertz CT molecular complexity index is 269. The Labute approximate surface area is 120 Å². The van der Waals surface area contributed by atoms with Crippen molar-refractivity contribution in [1.82, 2.24) is 0 Å². The highest BCUT2D eigenvalue weighted by atomic mass is 35.5. The van der Waals surface area contributed by atoms with Gasteiger partial charge in [0.1, 0.15) is 0 Å². The second kappa shape index (κ2) is 8.90. The van der Waals surface area contributed by atoms with E-state index < -0.39 is 24.5 Å². The van der Waals surface area contributed by atoms with Crippen molar-refractivity contribution in [2.75, 3.05) is 19.2 Å². The monoisotopic (exact) mass is 336 g/mol. The van der Waals surface area contributed by atoms with Gasteiger partial charge in [-0.15, -0.1) is 11.6 Å². The first-order valence-corrected chi connectivity index (χ1v) is 13.6. The number of hydrogen-bond donors (Lipinski definition) is 0. The molecule has 0 amide bonds. The van der Waals surface area contributed by atoms with E-state index in [1.165, 1.54) is 7.11 Å². The van der Waals surface area contributed by atoms with Crippen molar-refractivity contribution in [1.29, 1.82) is 0 Å². The fraction of sp³-hybridized carbons (Fsp3) is 1.00. The average molecular weight is 337 g/mol. The number of hydrogen-bond acceptors (Lipinski definition) is 4. The van der Waals surface area contributed by atoms with E-state index in [1.807, 2.05) is 13.1 Å². The van der Waals surface area contributed by atoms with Gasteiger partial charge in [-0.25, -0.2) is 0 Å². The minimum atomic E-state index is -3.08. The van der Waals surface area contributed by atoms with Crippen LogP contribution in [0.4, 0.5) is 0 Å². The maximum atomic E-state index is 12.1. The van der Waals surface area contributed by atoms with Crippen LogP contribution in [0.25, 0.3) is 0 Å². The first-order chi connectivity index (χ1) is 7.04. The Morgan fingerprint density at radius 2 is 1.56 bits per heavy atom. The zero-order valence-corrected chi connectivity index (χ0v) is 14.5. The third-order valence-corrected chi connectivity index (χ3v) is 10.6. The van der Waals surface area contributed by atoms with Crippen LogP contribution in [0.1, 0.15) is 14.9 Å². The van der Waals surface area contributed by atoms with E-state index in [-0.39, 0.29) is 26.9 Å². The molecule has 0 aromatic carbocycles. The van der Waals surface area contributed by atoms with E-state index >= 15 is 0 Å². The summed E-state index contributed by atoms with van der Waals surface area (Å²) in [7, 11) is -5.82. The Kier molecular flexibility index (Phi) is 11.8. The highest BCUT2D eigenvalue weighted by molar-refractivity contribution is 7.55. The lowest BCUT2D eigenvalue weighted by Gasteiger charge is -2.33. The van der Waals surface area contributed by atoms with Gasteiger partial charge in [0, 0.05) is 13.0 Å². The number of rotatable bonds is 7. The smallest absolute Gasteiger partial charge is 0.330 e. The van der Waals surface area contributed by atoms with Crippen LogP contribution in [0.2, 0.25) is 32.7 Å². The molecule has 0 radical (unpaired) electrons. The normalized spacial score (nSPS) is 15.3. The van der Waals surface area contributed by atoms with Gasteiger partial charge in [0.05, 0.1) is 6.16 Å². The summed E-state index contributed by atoms with van der Waals surface area (Å²) in [6.45, 7) is 9.98. The Morgan fingerprint density at radius 1 is 1.11 bits per heavy atom. The summed E-state index contributed by atoms with van der Waals surface area (Å²) in [4.78, 5) is 0. The van der Waals surface area contributed by atoms with Crippen LogP contribution < -0.4 is 0 Å². The first kappa shape index (κ1) is 23.9. The molecule has 0 aliphatic carbocycles. The van der Waals surface area contributed by atoms with Gasteiger partial charge in [-0.05, 0) is 32.7 Å². The molecule has 18 heavy (non-hydrogen) atoms. The van der Waals surface area contributed by atoms with Gasteiger partial charge in [-0.1, -0.05) is 14.9 Å². The standard InChI is InChI=1S/C8H22ClO4PSi2.2CH4/c1-11-14(10,8-7-9)12-16(5,6)13-15(2,3)4;;/h7-8H2,1-6H3;2*1H4. The van der Waals surface area contributed by atoms with Crippen molar-refractivity contribution in [3.8, 4) is 0 Å². The molecule has 1 atom stereocenters. The van der Waals surface area contributed by atoms with Crippen LogP contribution >= 0.6 is 19.2 Å². The van der Waals surface area contributed by atoms with Gasteiger partial charge in [0.2, 0.25) is 0 Å². The van der Waals surface area contributed by atoms with Crippen molar-refractivity contribution in [2.45, 2.75) is 47.6 Å². The Morgan fingerprint density at radius 3 is 1.83 bits per heavy atom. The molecule has 0 N–H and O–H groups in total. The lowest BCUT2D eigenvalue weighted by atomic mass is 11.0. The van der Waals surface area contributed by atoms with Crippen LogP contribution in [0, 0.1) is 0 Å². The second-order valence-electron chi connectivity index (χ2n) is 4.91. The minimum Gasteiger partial charge on any atom is -0.436 e. The highest BCUT2D eigenvalue weighted by Crippen LogP contribution is 2.50. The van der Waals surface area contributed by atoms with Gasteiger partial charge in [0.25, 0.3) is 0 Å². The van der Waals surface area contributed by atoms with Crippen molar-refractivity contribution >= 4 is 36.1 Å². The summed E-state index contributed by atoms with van der Waals surface area (Å²) in [5.41, 5.74) is 0. The maximum absolute atomic E-state index is 12.1. The van der Waals surface area contributed by atoms with Gasteiger partial charge in [-0.3, -0.25) is 4.57 Å². The van der Waals surface area contributed by atoms with Gasteiger partial charge in [-0.2, -0.15) is 0 Å². The Hall–Kier alpha value is 0.834. The third-order valence-electron chi connectivity index (χ3n) is 1.55. The van der Waals surface area contributed by atoms with Crippen LogP contribution in [0.15, 0.2) is 0 Å². The molecule has 0 aromatic rings. The van der Waals surface area contributed by atoms with E-state index in [4.69, 9.17) is 24.5 Å². The molecule has 0 bridgehead atoms. The molecule has 0 aliphatic heterocycles. The summed E-state index contributed by atoms with van der Waals surface area (Å²) in [5, 5.41) is 0. The fourth-order valence-electron chi connectivity index (χ4n) is 1.37. The topological polar surface area (TPSA) is 44.8 Å². The van der Waals surface area contributed by atoms with Crippen LogP contribution in [0.5, 0.6) is 0 Å². The van der Waals surface area contributed by atoms with Crippen molar-refractivity contribution < 1.29 is 17.4 Å². The molecule has 0 heterocycles. The fourth-order valence-corrected chi connectivity index (χ4v) is 12.1. The molecule has 0 saturated heterocycles. The molecule has 0 aliphatic rings. The molecular formula is C10H30ClO4PSi2. The van der Waals surface area contributed by atoms with E-state index in [1.54, 1.807) is 0 Å². The second-order valence-corrected chi connectivity index (χ2v) is 15.9. The van der Waals surface area contributed by atoms with E-state index in [2.05, 4.69) is 19.6 Å². The lowest BCUT2D eigenvalue weighted by Crippen LogP contribution is -2.44. The quantitative estimate of drug-likeness (QED) is 0.376. The molecule has 0 spiro atoms. The highest BCUT2D eigenvalue weighted by Gasteiger charge is 2.38. The summed E-state index contributed by atoms with van der Waals surface area (Å²) in [5.74, 6) is 0.253. The van der Waals surface area contributed by atoms with Gasteiger partial charge in [0.15, 0.2) is 8.32 Å². The molecule has 0 rings (SSSR count). The summed E-state index contributed by atoms with van der Waals surface area (Å²) < 4.78 is 28.6. The number of halogens is 1. The molecule has 4 nitrogen and oxygen atoms in total. The molecule has 0 saturated carbocycles. The van der Waals surface area contributed by atoms with E-state index in [9.17, 15) is 4.57 Å². The third kappa shape index (κ3) is 10.7. The van der Waals surface area contributed by atoms with Crippen LogP contribution in [-0.2, 0) is 17.4 Å². The van der Waals surface area contributed by atoms with Crippen molar-refractivity contribution in [3.63, 3.8) is 0 Å². The van der Waals surface area contributed by atoms with Gasteiger partial charge < -0.3 is 12.9 Å². The predicted octanol–water partition coefficient (Wildman–Crippen LogP) is 4.91. The molecular weight excluding hydrogens is 307 g/mol. The summed E-state index contributed by atoms with van der Waals surface area (Å²) in [6, 6.07) is 0. The molecule has 8 heteroatoms. The number of alkyl halides is 1. The van der Waals surface area contributed by atoms with Crippen LogP contribution in [-0.4, -0.2) is 36.0 Å². The minimum absolute atomic E-state index is 0. The van der Waals surface area contributed by atoms with E-state index in [0.29, 0.717) is 0 Å². The molecule has 0 fully saturated rings. The zero-order chi connectivity index (χ0) is 13.0. The van der Waals surface area contributed by atoms with Crippen molar-refractivity contribution in [3.05, 3.63) is 0 Å². The SMILES string of the molecule is C.C.COP(=O)(CCCl)O[Si](C)(C)O[Si](C)(C)C. The first-order valence-electron chi connectivity index (χ1n) is 5.15. The zero-order valence-electron chi connectivity index (χ0n) is 10.9. The van der Waals surface area contributed by atoms with E-state index in [0.717, 1.165) is 0 Å². The molecule has 114 valence electrons. The maximum Gasteiger partial charge on any atom is 0.330 e. The van der Waals surface area contributed by atoms with Gasteiger partial charge >= 0.3 is 16.2 Å². The largest absolute Gasteiger partial charge is 0.436 e. The molecule has 0 aromatic heterocycles. The molecule has 1 unspecified atom stereocenters. The van der Waals surface area contributed by atoms with Crippen LogP contribution in [0.3, 0.4) is 0 Å². The summed E-state index contributed by atoms with van der Waals surface area (Å²) >= 11 is 5.58. The predicted molar refractivity (Wildman–Crippen MR) is 86.7 cm³/mol. The Balaban J connectivity index is -0.00000112. The lowest BCUT2D eigenvalue weighted by molar-refractivity contribution is 0.295. The van der Waals surface area contributed by atoms with Crippen molar-refractivity contribution in [2.24, 2.45) is 0 Å².